The maximum atomic E-state index is 13.0. The van der Waals surface area contributed by atoms with Crippen molar-refractivity contribution in [2.24, 2.45) is 0 Å². The summed E-state index contributed by atoms with van der Waals surface area (Å²) in [5, 5.41) is 32.2. The summed E-state index contributed by atoms with van der Waals surface area (Å²) < 4.78 is 13.0. The quantitative estimate of drug-likeness (QED) is 0.561. The Morgan fingerprint density at radius 1 is 1.29 bits per heavy atom. The van der Waals surface area contributed by atoms with E-state index in [1.807, 2.05) is 0 Å². The summed E-state index contributed by atoms with van der Waals surface area (Å²) in [6.45, 7) is 1.76. The van der Waals surface area contributed by atoms with E-state index in [1.165, 1.54) is 12.1 Å². The van der Waals surface area contributed by atoms with E-state index in [9.17, 15) is 24.5 Å². The summed E-state index contributed by atoms with van der Waals surface area (Å²) in [7, 11) is 0. The minimum absolute atomic E-state index is 0.0522. The van der Waals surface area contributed by atoms with Gasteiger partial charge in [0.2, 0.25) is 0 Å². The number of carbonyl (C=O) groups is 1. The van der Waals surface area contributed by atoms with Crippen LogP contribution in [0.2, 0.25) is 0 Å². The molecule has 1 amide bonds. The van der Waals surface area contributed by atoms with Gasteiger partial charge in [-0.1, -0.05) is 12.1 Å². The molecule has 1 aromatic rings. The van der Waals surface area contributed by atoms with Crippen LogP contribution in [0.15, 0.2) is 24.3 Å². The number of rotatable bonds is 7. The van der Waals surface area contributed by atoms with Gasteiger partial charge in [-0.15, -0.1) is 0 Å². The van der Waals surface area contributed by atoms with Crippen LogP contribution in [0.3, 0.4) is 0 Å². The Morgan fingerprint density at radius 2 is 1.92 bits per heavy atom. The van der Waals surface area contributed by atoms with Crippen LogP contribution in [-0.2, 0) is 11.3 Å². The monoisotopic (exact) mass is 340 g/mol. The van der Waals surface area contributed by atoms with Gasteiger partial charge in [0.05, 0.1) is 18.8 Å². The van der Waals surface area contributed by atoms with Gasteiger partial charge in [0.1, 0.15) is 5.82 Å². The van der Waals surface area contributed by atoms with Gasteiger partial charge >= 0.3 is 0 Å². The van der Waals surface area contributed by atoms with Crippen LogP contribution in [0.1, 0.15) is 25.3 Å². The number of piperidine rings is 1. The molecule has 24 heavy (non-hydrogen) atoms. The van der Waals surface area contributed by atoms with E-state index in [2.05, 4.69) is 5.32 Å². The molecule has 0 aromatic heterocycles. The molecule has 0 saturated carbocycles. The fourth-order valence-electron chi connectivity index (χ4n) is 2.71. The van der Waals surface area contributed by atoms with Crippen molar-refractivity contribution in [2.75, 3.05) is 26.3 Å². The second kappa shape index (κ2) is 7.57. The molecule has 6 nitrogen and oxygen atoms in total. The summed E-state index contributed by atoms with van der Waals surface area (Å²) >= 11 is 0. The highest BCUT2D eigenvalue weighted by Gasteiger charge is 2.43. The lowest BCUT2D eigenvalue weighted by molar-refractivity contribution is -0.158. The van der Waals surface area contributed by atoms with Gasteiger partial charge in [0.15, 0.2) is 5.60 Å². The molecule has 1 saturated heterocycles. The van der Waals surface area contributed by atoms with Crippen LogP contribution < -0.4 is 5.32 Å². The molecular formula is C17H25FN2O4. The molecule has 1 aromatic carbocycles. The smallest absolute Gasteiger partial charge is 0.256 e. The van der Waals surface area contributed by atoms with Crippen molar-refractivity contribution in [3.05, 3.63) is 35.6 Å². The minimum atomic E-state index is -1.58. The molecule has 0 radical (unpaired) electrons. The van der Waals surface area contributed by atoms with Crippen molar-refractivity contribution < 1.29 is 24.5 Å². The zero-order chi connectivity index (χ0) is 17.8. The summed E-state index contributed by atoms with van der Waals surface area (Å²) in [6.07, 6.45) is 0.950. The van der Waals surface area contributed by atoms with Crippen LogP contribution in [-0.4, -0.2) is 63.6 Å². The summed E-state index contributed by atoms with van der Waals surface area (Å²) in [5.41, 5.74) is -1.75. The van der Waals surface area contributed by atoms with Crippen molar-refractivity contribution >= 4 is 5.91 Å². The Balaban J connectivity index is 2.03. The van der Waals surface area contributed by atoms with Gasteiger partial charge in [-0.05, 0) is 37.5 Å². The maximum Gasteiger partial charge on any atom is 0.256 e. The number of halogens is 1. The van der Waals surface area contributed by atoms with Crippen LogP contribution >= 0.6 is 0 Å². The molecule has 134 valence electrons. The first-order chi connectivity index (χ1) is 11.3. The predicted molar refractivity (Wildman–Crippen MR) is 86.6 cm³/mol. The van der Waals surface area contributed by atoms with Crippen LogP contribution in [0, 0.1) is 5.82 Å². The first kappa shape index (κ1) is 18.8. The van der Waals surface area contributed by atoms with Gasteiger partial charge in [-0.3, -0.25) is 4.79 Å². The number of aliphatic hydroxyl groups excluding tert-OH is 2. The zero-order valence-electron chi connectivity index (χ0n) is 13.8. The number of amides is 1. The third kappa shape index (κ3) is 4.30. The average molecular weight is 340 g/mol. The Kier molecular flexibility index (Phi) is 5.92. The van der Waals surface area contributed by atoms with Crippen molar-refractivity contribution in [3.63, 3.8) is 0 Å². The maximum absolute atomic E-state index is 13.0. The van der Waals surface area contributed by atoms with Crippen molar-refractivity contribution in [1.82, 2.24) is 10.2 Å². The van der Waals surface area contributed by atoms with Crippen molar-refractivity contribution in [2.45, 2.75) is 37.5 Å². The summed E-state index contributed by atoms with van der Waals surface area (Å²) in [6, 6.07) is 5.91. The van der Waals surface area contributed by atoms with Crippen LogP contribution in [0.5, 0.6) is 0 Å². The van der Waals surface area contributed by atoms with E-state index in [0.717, 1.165) is 5.56 Å². The molecule has 2 rings (SSSR count). The first-order valence-corrected chi connectivity index (χ1v) is 8.05. The molecule has 0 spiro atoms. The Morgan fingerprint density at radius 3 is 2.50 bits per heavy atom. The normalized spacial score (nSPS) is 22.0. The van der Waals surface area contributed by atoms with Gasteiger partial charge in [0.25, 0.3) is 5.91 Å². The van der Waals surface area contributed by atoms with Gasteiger partial charge in [-0.25, -0.2) is 4.39 Å². The summed E-state index contributed by atoms with van der Waals surface area (Å²) in [4.78, 5) is 14.2. The molecule has 0 bridgehead atoms. The topological polar surface area (TPSA) is 93.0 Å². The largest absolute Gasteiger partial charge is 0.394 e. The fourth-order valence-corrected chi connectivity index (χ4v) is 2.71. The standard InChI is InChI=1S/C17H25FN2O4/c1-16(11-21,12-22)19-10-17(24)7-2-8-20(15(17)23)9-13-3-5-14(18)6-4-13/h3-6,19,21-22,24H,2,7-12H2,1H3/t17-/m0/s1. The van der Waals surface area contributed by atoms with E-state index in [0.29, 0.717) is 25.9 Å². The minimum Gasteiger partial charge on any atom is -0.394 e. The molecule has 1 fully saturated rings. The summed E-state index contributed by atoms with van der Waals surface area (Å²) in [5.74, 6) is -0.736. The molecule has 0 aliphatic carbocycles. The number of β-amino-alcohol motifs (C(OH)–C–C–N with tert-alkyl or cyclic N) is 1. The second-order valence-corrected chi connectivity index (χ2v) is 6.72. The predicted octanol–water partition coefficient (Wildman–Crippen LogP) is 0.0121. The van der Waals surface area contributed by atoms with Crippen molar-refractivity contribution in [1.29, 1.82) is 0 Å². The Bertz CT molecular complexity index is 562. The molecule has 1 atom stereocenters. The van der Waals surface area contributed by atoms with Crippen molar-refractivity contribution in [3.8, 4) is 0 Å². The number of benzene rings is 1. The van der Waals surface area contributed by atoms with E-state index < -0.39 is 17.0 Å². The molecule has 1 aliphatic heterocycles. The fraction of sp³-hybridized carbons (Fsp3) is 0.588. The number of carbonyl (C=O) groups excluding carboxylic acids is 1. The van der Waals surface area contributed by atoms with E-state index >= 15 is 0 Å². The van der Waals surface area contributed by atoms with Gasteiger partial charge < -0.3 is 25.5 Å². The molecule has 0 unspecified atom stereocenters. The molecular weight excluding hydrogens is 315 g/mol. The third-order valence-corrected chi connectivity index (χ3v) is 4.50. The first-order valence-electron chi connectivity index (χ1n) is 8.05. The number of likely N-dealkylation sites (tertiary alicyclic amines) is 1. The Labute approximate surface area is 140 Å². The highest BCUT2D eigenvalue weighted by atomic mass is 19.1. The number of hydrogen-bond donors (Lipinski definition) is 4. The SMILES string of the molecule is CC(CO)(CO)NC[C@@]1(O)CCCN(Cc2ccc(F)cc2)C1=O. The number of hydrogen-bond acceptors (Lipinski definition) is 5. The lowest BCUT2D eigenvalue weighted by Gasteiger charge is -2.40. The van der Waals surface area contributed by atoms with Gasteiger partial charge in [-0.2, -0.15) is 0 Å². The lowest BCUT2D eigenvalue weighted by Crippen LogP contribution is -2.61. The zero-order valence-corrected chi connectivity index (χ0v) is 13.8. The van der Waals surface area contributed by atoms with Crippen LogP contribution in [0.25, 0.3) is 0 Å². The van der Waals surface area contributed by atoms with E-state index in [-0.39, 0.29) is 25.6 Å². The highest BCUT2D eigenvalue weighted by Crippen LogP contribution is 2.24. The third-order valence-electron chi connectivity index (χ3n) is 4.50. The number of nitrogens with zero attached hydrogens (tertiary/aromatic N) is 1. The highest BCUT2D eigenvalue weighted by molar-refractivity contribution is 5.86. The average Bonchev–Trinajstić information content (AvgIpc) is 2.59. The molecule has 1 heterocycles. The molecule has 7 heteroatoms. The van der Waals surface area contributed by atoms with Crippen LogP contribution in [0.4, 0.5) is 4.39 Å². The lowest BCUT2D eigenvalue weighted by atomic mass is 9.90. The number of nitrogens with one attached hydrogen (secondary N) is 1. The Hall–Kier alpha value is -1.54. The van der Waals surface area contributed by atoms with E-state index in [4.69, 9.17) is 0 Å². The second-order valence-electron chi connectivity index (χ2n) is 6.72. The van der Waals surface area contributed by atoms with Gasteiger partial charge in [0, 0.05) is 19.6 Å². The van der Waals surface area contributed by atoms with E-state index in [1.54, 1.807) is 24.0 Å². The molecule has 4 N–H and O–H groups in total. The molecule has 1 aliphatic rings. The number of aliphatic hydroxyl groups is 3.